The highest BCUT2D eigenvalue weighted by Crippen LogP contribution is 2.40. The van der Waals surface area contributed by atoms with Gasteiger partial charge >= 0.3 is 18.3 Å². The first-order chi connectivity index (χ1) is 9.26. The van der Waals surface area contributed by atoms with Gasteiger partial charge in [0.15, 0.2) is 0 Å². The summed E-state index contributed by atoms with van der Waals surface area (Å²) in [5, 5.41) is 8.52. The predicted molar refractivity (Wildman–Crippen MR) is 58.4 cm³/mol. The molecular formula is C10H14F6N2O3. The molecule has 0 aliphatic rings. The highest BCUT2D eigenvalue weighted by molar-refractivity contribution is 5.84. The van der Waals surface area contributed by atoms with Gasteiger partial charge in [0.1, 0.15) is 6.54 Å². The van der Waals surface area contributed by atoms with Crippen molar-refractivity contribution >= 4 is 11.9 Å². The molecule has 11 heteroatoms. The molecule has 0 heterocycles. The zero-order valence-corrected chi connectivity index (χ0v) is 11.1. The highest BCUT2D eigenvalue weighted by atomic mass is 19.4. The maximum Gasteiger partial charge on any atom is 0.409 e. The topological polar surface area (TPSA) is 60.9 Å². The Morgan fingerprint density at radius 2 is 1.43 bits per heavy atom. The van der Waals surface area contributed by atoms with Crippen molar-refractivity contribution in [2.75, 3.05) is 33.7 Å². The lowest BCUT2D eigenvalue weighted by Crippen LogP contribution is -2.52. The van der Waals surface area contributed by atoms with Crippen molar-refractivity contribution < 1.29 is 41.0 Å². The molecule has 0 aliphatic carbocycles. The van der Waals surface area contributed by atoms with Crippen molar-refractivity contribution in [2.45, 2.75) is 12.4 Å². The van der Waals surface area contributed by atoms with Crippen LogP contribution in [0.2, 0.25) is 0 Å². The van der Waals surface area contributed by atoms with E-state index in [1.54, 1.807) is 0 Å². The first-order valence-corrected chi connectivity index (χ1v) is 5.55. The minimum atomic E-state index is -5.84. The number of halogens is 6. The van der Waals surface area contributed by atoms with E-state index in [4.69, 9.17) is 5.11 Å². The molecular weight excluding hydrogens is 310 g/mol. The van der Waals surface area contributed by atoms with Gasteiger partial charge in [0.05, 0.1) is 0 Å². The molecule has 0 atom stereocenters. The highest BCUT2D eigenvalue weighted by Gasteiger charge is 2.62. The number of hydrogen-bond acceptors (Lipinski definition) is 3. The number of likely N-dealkylation sites (N-methyl/N-ethyl adjacent to an activating group) is 1. The van der Waals surface area contributed by atoms with Crippen molar-refractivity contribution in [3.63, 3.8) is 0 Å². The van der Waals surface area contributed by atoms with Crippen molar-refractivity contribution in [1.29, 1.82) is 0 Å². The molecule has 0 saturated heterocycles. The molecule has 0 fully saturated rings. The molecule has 0 aromatic heterocycles. The average molecular weight is 324 g/mol. The summed E-state index contributed by atoms with van der Waals surface area (Å²) in [6.07, 6.45) is -11.7. The fourth-order valence-corrected chi connectivity index (χ4v) is 1.40. The van der Waals surface area contributed by atoms with E-state index in [2.05, 4.69) is 0 Å². The van der Waals surface area contributed by atoms with Gasteiger partial charge in [-0.2, -0.15) is 26.3 Å². The average Bonchev–Trinajstić information content (AvgIpc) is 2.18. The molecule has 0 aliphatic heterocycles. The van der Waals surface area contributed by atoms with Crippen LogP contribution in [0, 0.1) is 5.92 Å². The SMILES string of the molecule is CN(C)CCN(CC(=O)O)C(=O)C(C(F)(F)F)C(F)(F)F. The molecule has 0 bridgehead atoms. The number of aliphatic carboxylic acids is 1. The van der Waals surface area contributed by atoms with E-state index in [0.717, 1.165) is 0 Å². The van der Waals surface area contributed by atoms with Crippen LogP contribution in [0.4, 0.5) is 26.3 Å². The van der Waals surface area contributed by atoms with Crippen LogP contribution in [0.3, 0.4) is 0 Å². The van der Waals surface area contributed by atoms with Crippen LogP contribution in [0.15, 0.2) is 0 Å². The smallest absolute Gasteiger partial charge is 0.409 e. The summed E-state index contributed by atoms with van der Waals surface area (Å²) in [6.45, 7) is -1.89. The molecule has 5 nitrogen and oxygen atoms in total. The molecule has 0 rings (SSSR count). The lowest BCUT2D eigenvalue weighted by atomic mass is 10.1. The van der Waals surface area contributed by atoms with Gasteiger partial charge in [-0.25, -0.2) is 0 Å². The Bertz CT molecular complexity index is 366. The van der Waals surface area contributed by atoms with E-state index < -0.39 is 43.2 Å². The maximum absolute atomic E-state index is 12.4. The van der Waals surface area contributed by atoms with Gasteiger partial charge < -0.3 is 14.9 Å². The predicted octanol–water partition coefficient (Wildman–Crippen LogP) is 1.20. The van der Waals surface area contributed by atoms with Crippen molar-refractivity contribution in [2.24, 2.45) is 5.92 Å². The minimum absolute atomic E-state index is 0.0357. The Kier molecular flexibility index (Phi) is 6.46. The molecule has 0 spiro atoms. The quantitative estimate of drug-likeness (QED) is 0.746. The van der Waals surface area contributed by atoms with Crippen molar-refractivity contribution in [3.8, 4) is 0 Å². The summed E-state index contributed by atoms with van der Waals surface area (Å²) in [5.41, 5.74) is 0. The molecule has 124 valence electrons. The first-order valence-electron chi connectivity index (χ1n) is 5.55. The van der Waals surface area contributed by atoms with Crippen molar-refractivity contribution in [3.05, 3.63) is 0 Å². The van der Waals surface area contributed by atoms with Crippen LogP contribution in [0.5, 0.6) is 0 Å². The zero-order valence-electron chi connectivity index (χ0n) is 11.1. The second kappa shape index (κ2) is 6.96. The Hall–Kier alpha value is -1.52. The van der Waals surface area contributed by atoms with E-state index >= 15 is 0 Å². The number of amides is 1. The zero-order chi connectivity index (χ0) is 17.0. The van der Waals surface area contributed by atoms with Crippen LogP contribution in [-0.4, -0.2) is 72.9 Å². The van der Waals surface area contributed by atoms with Gasteiger partial charge in [0.25, 0.3) is 0 Å². The number of carboxylic acid groups (broad SMARTS) is 1. The summed E-state index contributed by atoms with van der Waals surface area (Å²) in [7, 11) is 2.93. The molecule has 1 N–H and O–H groups in total. The fourth-order valence-electron chi connectivity index (χ4n) is 1.40. The van der Waals surface area contributed by atoms with Gasteiger partial charge in [-0.1, -0.05) is 0 Å². The normalized spacial score (nSPS) is 12.9. The third-order valence-corrected chi connectivity index (χ3v) is 2.36. The largest absolute Gasteiger partial charge is 0.480 e. The molecule has 1 amide bonds. The lowest BCUT2D eigenvalue weighted by molar-refractivity contribution is -0.277. The standard InChI is InChI=1S/C10H14F6N2O3/c1-17(2)3-4-18(5-6(19)20)8(21)7(9(11,12)13)10(14,15)16/h7H,3-5H2,1-2H3,(H,19,20). The third-order valence-electron chi connectivity index (χ3n) is 2.36. The van der Waals surface area contributed by atoms with Crippen LogP contribution in [-0.2, 0) is 9.59 Å². The minimum Gasteiger partial charge on any atom is -0.480 e. The third kappa shape index (κ3) is 6.65. The van der Waals surface area contributed by atoms with E-state index in [-0.39, 0.29) is 11.4 Å². The van der Waals surface area contributed by atoms with Crippen molar-refractivity contribution in [1.82, 2.24) is 9.80 Å². The first kappa shape index (κ1) is 19.5. The number of hydrogen-bond donors (Lipinski definition) is 1. The molecule has 0 aromatic carbocycles. The van der Waals surface area contributed by atoms with Crippen LogP contribution in [0.1, 0.15) is 0 Å². The Morgan fingerprint density at radius 1 is 1.00 bits per heavy atom. The lowest BCUT2D eigenvalue weighted by Gasteiger charge is -2.29. The van der Waals surface area contributed by atoms with E-state index in [1.807, 2.05) is 0 Å². The van der Waals surface area contributed by atoms with Gasteiger partial charge in [0, 0.05) is 13.1 Å². The summed E-state index contributed by atoms with van der Waals surface area (Å²) in [6, 6.07) is 0. The number of carboxylic acids is 1. The van der Waals surface area contributed by atoms with E-state index in [9.17, 15) is 35.9 Å². The molecule has 0 unspecified atom stereocenters. The fraction of sp³-hybridized carbons (Fsp3) is 0.800. The Labute approximate surface area is 116 Å². The number of carbonyl (C=O) groups excluding carboxylic acids is 1. The molecule has 0 aromatic rings. The van der Waals surface area contributed by atoms with E-state index in [1.165, 1.54) is 19.0 Å². The summed E-state index contributed by atoms with van der Waals surface area (Å²) in [4.78, 5) is 23.4. The van der Waals surface area contributed by atoms with Crippen LogP contribution < -0.4 is 0 Å². The van der Waals surface area contributed by atoms with Crippen LogP contribution in [0.25, 0.3) is 0 Å². The molecule has 0 radical (unpaired) electrons. The number of carbonyl (C=O) groups is 2. The number of nitrogens with zero attached hydrogens (tertiary/aromatic N) is 2. The van der Waals surface area contributed by atoms with Gasteiger partial charge in [0.2, 0.25) is 11.8 Å². The second-order valence-electron chi connectivity index (χ2n) is 4.47. The Morgan fingerprint density at radius 3 is 1.71 bits per heavy atom. The summed E-state index contributed by atoms with van der Waals surface area (Å²) in [5.74, 6) is -8.25. The van der Waals surface area contributed by atoms with Gasteiger partial charge in [-0.3, -0.25) is 9.59 Å². The number of alkyl halides is 6. The molecule has 0 saturated carbocycles. The van der Waals surface area contributed by atoms with E-state index in [0.29, 0.717) is 0 Å². The molecule has 21 heavy (non-hydrogen) atoms. The van der Waals surface area contributed by atoms with Gasteiger partial charge in [-0.05, 0) is 14.1 Å². The maximum atomic E-state index is 12.4. The number of rotatable bonds is 6. The van der Waals surface area contributed by atoms with Gasteiger partial charge in [-0.15, -0.1) is 0 Å². The van der Waals surface area contributed by atoms with Crippen LogP contribution >= 0.6 is 0 Å². The monoisotopic (exact) mass is 324 g/mol. The Balaban J connectivity index is 5.34. The summed E-state index contributed by atoms with van der Waals surface area (Å²) < 4.78 is 74.6. The second-order valence-corrected chi connectivity index (χ2v) is 4.47. The summed E-state index contributed by atoms with van der Waals surface area (Å²) >= 11 is 0.